The first-order valence-electron chi connectivity index (χ1n) is 7.83. The SMILES string of the molecule is COC(=O)/C=C1\CC2CC(O[Si](C)(C)C(C)(C)C)C(C1)N2. The van der Waals surface area contributed by atoms with Crippen LogP contribution in [0.3, 0.4) is 0 Å². The van der Waals surface area contributed by atoms with Gasteiger partial charge < -0.3 is 14.5 Å². The maximum Gasteiger partial charge on any atom is 0.330 e. The number of hydrogen-bond acceptors (Lipinski definition) is 4. The van der Waals surface area contributed by atoms with Crippen molar-refractivity contribution in [3.63, 3.8) is 0 Å². The standard InChI is InChI=1S/C16H29NO3Si/c1-16(2,3)21(5,6)20-14-10-12-7-11(8-13(14)17-12)9-15(18)19-4/h9,12-14,17H,7-8,10H2,1-6H3/b11-9+. The van der Waals surface area contributed by atoms with Gasteiger partial charge in [-0.1, -0.05) is 26.3 Å². The molecular formula is C16H29NO3Si. The van der Waals surface area contributed by atoms with Gasteiger partial charge in [-0.15, -0.1) is 0 Å². The van der Waals surface area contributed by atoms with Gasteiger partial charge in [0.15, 0.2) is 8.32 Å². The van der Waals surface area contributed by atoms with Crippen LogP contribution in [0.5, 0.6) is 0 Å². The maximum absolute atomic E-state index is 11.4. The number of hydrogen-bond donors (Lipinski definition) is 1. The molecule has 2 heterocycles. The van der Waals surface area contributed by atoms with E-state index >= 15 is 0 Å². The Morgan fingerprint density at radius 3 is 2.57 bits per heavy atom. The number of carbonyl (C=O) groups excluding carboxylic acids is 1. The lowest BCUT2D eigenvalue weighted by molar-refractivity contribution is -0.134. The maximum atomic E-state index is 11.4. The van der Waals surface area contributed by atoms with Crippen molar-refractivity contribution >= 4 is 14.3 Å². The third-order valence-electron chi connectivity index (χ3n) is 5.18. The molecule has 2 rings (SSSR count). The highest BCUT2D eigenvalue weighted by molar-refractivity contribution is 6.74. The molecule has 21 heavy (non-hydrogen) atoms. The molecule has 3 atom stereocenters. The molecule has 0 amide bonds. The molecule has 0 saturated carbocycles. The molecule has 0 radical (unpaired) electrons. The van der Waals surface area contributed by atoms with Gasteiger partial charge in [-0.05, 0) is 37.4 Å². The minimum Gasteiger partial charge on any atom is -0.466 e. The molecule has 2 fully saturated rings. The number of piperidine rings is 1. The Morgan fingerprint density at radius 2 is 2.00 bits per heavy atom. The summed E-state index contributed by atoms with van der Waals surface area (Å²) in [5.41, 5.74) is 1.19. The minimum absolute atomic E-state index is 0.231. The van der Waals surface area contributed by atoms with Crippen LogP contribution in [-0.2, 0) is 14.0 Å². The van der Waals surface area contributed by atoms with Gasteiger partial charge in [-0.2, -0.15) is 0 Å². The van der Waals surface area contributed by atoms with Crippen molar-refractivity contribution in [2.24, 2.45) is 0 Å². The topological polar surface area (TPSA) is 47.6 Å². The summed E-state index contributed by atoms with van der Waals surface area (Å²) in [6, 6.07) is 0.781. The summed E-state index contributed by atoms with van der Waals surface area (Å²) in [4.78, 5) is 11.4. The molecule has 0 spiro atoms. The Balaban J connectivity index is 2.04. The van der Waals surface area contributed by atoms with Crippen molar-refractivity contribution < 1.29 is 14.0 Å². The Kier molecular flexibility index (Phi) is 4.66. The lowest BCUT2D eigenvalue weighted by atomic mass is 9.98. The fourth-order valence-electron chi connectivity index (χ4n) is 2.97. The van der Waals surface area contributed by atoms with E-state index in [0.717, 1.165) is 19.3 Å². The van der Waals surface area contributed by atoms with E-state index in [1.165, 1.54) is 12.7 Å². The first kappa shape index (κ1) is 16.7. The van der Waals surface area contributed by atoms with Gasteiger partial charge in [0.1, 0.15) is 0 Å². The fraction of sp³-hybridized carbons (Fsp3) is 0.812. The molecule has 2 aliphatic rings. The Hall–Kier alpha value is -0.653. The third-order valence-corrected chi connectivity index (χ3v) is 9.69. The second-order valence-electron chi connectivity index (χ2n) is 7.86. The van der Waals surface area contributed by atoms with E-state index in [1.807, 2.05) is 0 Å². The predicted molar refractivity (Wildman–Crippen MR) is 86.7 cm³/mol. The van der Waals surface area contributed by atoms with Gasteiger partial charge in [0.05, 0.1) is 13.2 Å². The van der Waals surface area contributed by atoms with Gasteiger partial charge >= 0.3 is 5.97 Å². The summed E-state index contributed by atoms with van der Waals surface area (Å²) < 4.78 is 11.3. The first-order chi connectivity index (χ1) is 9.62. The van der Waals surface area contributed by atoms with Gasteiger partial charge in [0.2, 0.25) is 0 Å². The highest BCUT2D eigenvalue weighted by Gasteiger charge is 2.45. The van der Waals surface area contributed by atoms with Gasteiger partial charge in [0, 0.05) is 18.2 Å². The number of nitrogens with one attached hydrogen (secondary N) is 1. The van der Waals surface area contributed by atoms with Crippen LogP contribution >= 0.6 is 0 Å². The van der Waals surface area contributed by atoms with E-state index < -0.39 is 8.32 Å². The van der Waals surface area contributed by atoms with Crippen molar-refractivity contribution in [2.45, 2.75) is 76.4 Å². The average Bonchev–Trinajstić information content (AvgIpc) is 2.62. The second-order valence-corrected chi connectivity index (χ2v) is 12.6. The van der Waals surface area contributed by atoms with Crippen LogP contribution in [0.1, 0.15) is 40.0 Å². The van der Waals surface area contributed by atoms with E-state index in [2.05, 4.69) is 39.2 Å². The fourth-order valence-corrected chi connectivity index (χ4v) is 4.34. The van der Waals surface area contributed by atoms with Crippen LogP contribution in [0.4, 0.5) is 0 Å². The lowest BCUT2D eigenvalue weighted by Crippen LogP contribution is -2.47. The molecule has 4 nitrogen and oxygen atoms in total. The molecule has 0 aromatic heterocycles. The van der Waals surface area contributed by atoms with Crippen LogP contribution < -0.4 is 5.32 Å². The molecule has 2 saturated heterocycles. The Morgan fingerprint density at radius 1 is 1.33 bits per heavy atom. The predicted octanol–water partition coefficient (Wildman–Crippen LogP) is 3.00. The van der Waals surface area contributed by atoms with Crippen molar-refractivity contribution in [3.05, 3.63) is 11.6 Å². The summed E-state index contributed by atoms with van der Waals surface area (Å²) in [5, 5.41) is 3.87. The number of methoxy groups -OCH3 is 1. The summed E-state index contributed by atoms with van der Waals surface area (Å²) in [6.07, 6.45) is 4.82. The second kappa shape index (κ2) is 5.86. The minimum atomic E-state index is -1.74. The largest absolute Gasteiger partial charge is 0.466 e. The molecule has 0 aromatic rings. The van der Waals surface area contributed by atoms with E-state index in [0.29, 0.717) is 12.1 Å². The summed E-state index contributed by atoms with van der Waals surface area (Å²) in [7, 11) is -0.313. The van der Waals surface area contributed by atoms with Crippen molar-refractivity contribution in [1.29, 1.82) is 0 Å². The summed E-state index contributed by atoms with van der Waals surface area (Å²) in [6.45, 7) is 11.4. The van der Waals surface area contributed by atoms with Crippen molar-refractivity contribution in [2.75, 3.05) is 7.11 Å². The van der Waals surface area contributed by atoms with Crippen LogP contribution in [-0.4, -0.2) is 39.6 Å². The monoisotopic (exact) mass is 311 g/mol. The zero-order valence-corrected chi connectivity index (χ0v) is 15.2. The van der Waals surface area contributed by atoms with Gasteiger partial charge in [-0.25, -0.2) is 4.79 Å². The number of ether oxygens (including phenoxy) is 1. The lowest BCUT2D eigenvalue weighted by Gasteiger charge is -2.39. The summed E-state index contributed by atoms with van der Waals surface area (Å²) in [5.74, 6) is -0.242. The van der Waals surface area contributed by atoms with Crippen LogP contribution in [0.2, 0.25) is 18.1 Å². The molecule has 1 N–H and O–H groups in total. The zero-order valence-electron chi connectivity index (χ0n) is 14.2. The Bertz CT molecular complexity index is 439. The van der Waals surface area contributed by atoms with Gasteiger partial charge in [-0.3, -0.25) is 0 Å². The highest BCUT2D eigenvalue weighted by atomic mass is 28.4. The third kappa shape index (κ3) is 3.76. The Labute approximate surface area is 129 Å². The van der Waals surface area contributed by atoms with E-state index in [4.69, 9.17) is 9.16 Å². The van der Waals surface area contributed by atoms with Gasteiger partial charge in [0.25, 0.3) is 0 Å². The average molecular weight is 311 g/mol. The van der Waals surface area contributed by atoms with E-state index in [9.17, 15) is 4.79 Å². The molecule has 120 valence electrons. The van der Waals surface area contributed by atoms with Crippen molar-refractivity contribution in [1.82, 2.24) is 5.32 Å². The summed E-state index contributed by atoms with van der Waals surface area (Å²) >= 11 is 0. The molecule has 0 aliphatic carbocycles. The van der Waals surface area contributed by atoms with E-state index in [1.54, 1.807) is 6.08 Å². The number of rotatable bonds is 3. The van der Waals surface area contributed by atoms with Crippen molar-refractivity contribution in [3.8, 4) is 0 Å². The highest BCUT2D eigenvalue weighted by Crippen LogP contribution is 2.41. The molecule has 0 aromatic carbocycles. The first-order valence-corrected chi connectivity index (χ1v) is 10.7. The molecule has 2 aliphatic heterocycles. The number of carbonyl (C=O) groups is 1. The zero-order chi connectivity index (χ0) is 15.8. The van der Waals surface area contributed by atoms with E-state index in [-0.39, 0.29) is 17.1 Å². The molecular weight excluding hydrogens is 282 g/mol. The van der Waals surface area contributed by atoms with Crippen LogP contribution in [0.25, 0.3) is 0 Å². The smallest absolute Gasteiger partial charge is 0.330 e. The van der Waals surface area contributed by atoms with Crippen LogP contribution in [0, 0.1) is 0 Å². The number of fused-ring (bicyclic) bond motifs is 2. The molecule has 2 bridgehead atoms. The normalized spacial score (nSPS) is 31.5. The van der Waals surface area contributed by atoms with Crippen LogP contribution in [0.15, 0.2) is 11.6 Å². The quantitative estimate of drug-likeness (QED) is 0.494. The molecule has 3 unspecified atom stereocenters. The number of esters is 1. The molecule has 5 heteroatoms.